The Morgan fingerprint density at radius 3 is 1.44 bits per heavy atom. The first-order valence-corrected chi connectivity index (χ1v) is 47.0. The lowest BCUT2D eigenvalue weighted by atomic mass is 10.00. The van der Waals surface area contributed by atoms with Gasteiger partial charge in [-0.25, -0.2) is 0 Å². The Labute approximate surface area is 672 Å². The second kappa shape index (κ2) is 35.7. The van der Waals surface area contributed by atoms with Gasteiger partial charge in [-0.15, -0.1) is 6.58 Å². The number of halogens is 5. The zero-order valence-corrected chi connectivity index (χ0v) is 75.0. The molecule has 24 heteroatoms. The molecule has 0 radical (unpaired) electrons. The predicted octanol–water partition coefficient (Wildman–Crippen LogP) is 16.2. The van der Waals surface area contributed by atoms with E-state index in [1.165, 1.54) is 31.2 Å². The van der Waals surface area contributed by atoms with Crippen molar-refractivity contribution in [2.24, 2.45) is 0 Å². The van der Waals surface area contributed by atoms with E-state index < -0.39 is 73.6 Å². The summed E-state index contributed by atoms with van der Waals surface area (Å²) in [5.74, 6) is -3.48. The molecule has 570 valence electrons. The molecule has 2 aromatic rings. The third-order valence-corrected chi connectivity index (χ3v) is 28.3. The average molecular weight is 2000 g/mol. The van der Waals surface area contributed by atoms with Crippen LogP contribution < -0.4 is 10.4 Å². The number of ether oxygens (including phenoxy) is 12. The van der Waals surface area contributed by atoms with Crippen molar-refractivity contribution >= 4 is 135 Å². The van der Waals surface area contributed by atoms with Gasteiger partial charge in [-0.3, -0.25) is 9.59 Å². The Bertz CT molecular complexity index is 3390. The molecule has 6 saturated heterocycles. The first-order chi connectivity index (χ1) is 47.5. The van der Waals surface area contributed by atoms with Crippen LogP contribution in [0.25, 0.3) is 0 Å². The number of benzene rings is 2. The van der Waals surface area contributed by atoms with Crippen LogP contribution in [0.4, 0.5) is 0 Å². The smallest absolute Gasteiger partial charge is 0.262 e. The zero-order valence-electron chi connectivity index (χ0n) is 63.3. The Morgan fingerprint density at radius 1 is 0.539 bits per heavy atom. The monoisotopic (exact) mass is 2000 g/mol. The molecule has 5 aliphatic carbocycles. The molecule has 102 heavy (non-hydrogen) atoms. The van der Waals surface area contributed by atoms with Crippen molar-refractivity contribution in [2.45, 2.75) is 321 Å². The number of hydrogen-bond acceptors (Lipinski definition) is 18. The van der Waals surface area contributed by atoms with Crippen molar-refractivity contribution in [3.63, 3.8) is 0 Å². The maximum Gasteiger partial charge on any atom is 0.262 e. The highest BCUT2D eigenvalue weighted by Gasteiger charge is 2.60. The van der Waals surface area contributed by atoms with Crippen LogP contribution in [0.2, 0.25) is 5.04 Å². The van der Waals surface area contributed by atoms with E-state index in [1.54, 1.807) is 6.08 Å². The van der Waals surface area contributed by atoms with E-state index in [0.29, 0.717) is 0 Å². The maximum absolute atomic E-state index is 11.8. The van der Waals surface area contributed by atoms with E-state index >= 15 is 0 Å². The van der Waals surface area contributed by atoms with E-state index in [1.807, 2.05) is 110 Å². The molecule has 2 aromatic carbocycles. The number of hydrogen-bond donors (Lipinski definition) is 3. The average Bonchev–Trinajstić information content (AvgIpc) is 1.40. The molecule has 0 bridgehead atoms. The van der Waals surface area contributed by atoms with E-state index in [2.05, 4.69) is 220 Å². The molecule has 0 amide bonds. The summed E-state index contributed by atoms with van der Waals surface area (Å²) >= 11 is 11.0. The minimum absolute atomic E-state index is 0.0323. The topological polar surface area (TPSA) is 215 Å². The highest BCUT2D eigenvalue weighted by Crippen LogP contribution is 2.51. The summed E-state index contributed by atoms with van der Waals surface area (Å²) in [7, 11) is -2.68. The van der Waals surface area contributed by atoms with Gasteiger partial charge in [-0.05, 0) is 244 Å². The lowest BCUT2D eigenvalue weighted by molar-refractivity contribution is -0.153. The van der Waals surface area contributed by atoms with Crippen molar-refractivity contribution in [3.05, 3.63) is 136 Å². The first-order valence-electron chi connectivity index (χ1n) is 35.6. The number of aliphatic hydroxyl groups excluding tert-OH is 3. The number of carbonyl (C=O) groups excluding carboxylic acids is 2. The largest absolute Gasteiger partial charge is 0.397 e. The molecule has 2 unspecified atom stereocenters. The summed E-state index contributed by atoms with van der Waals surface area (Å²) in [4.78, 5) is 23.2. The molecule has 0 aromatic heterocycles. The van der Waals surface area contributed by atoms with Gasteiger partial charge in [0.25, 0.3) is 8.32 Å². The van der Waals surface area contributed by atoms with E-state index in [9.17, 15) is 24.9 Å². The molecule has 6 aliphatic heterocycles. The summed E-state index contributed by atoms with van der Waals surface area (Å²) < 4.78 is 79.8. The van der Waals surface area contributed by atoms with Crippen LogP contribution in [0.3, 0.4) is 0 Å². The predicted molar refractivity (Wildman–Crippen MR) is 442 cm³/mol. The van der Waals surface area contributed by atoms with Crippen LogP contribution in [-0.4, -0.2) is 168 Å². The quantitative estimate of drug-likeness (QED) is 0.0965. The van der Waals surface area contributed by atoms with Crippen LogP contribution in [-0.2, 0) is 70.9 Å². The Hall–Kier alpha value is -0.813. The van der Waals surface area contributed by atoms with Crippen molar-refractivity contribution in [1.82, 2.24) is 0 Å². The molecular formula is C78H111I5O18Si. The van der Waals surface area contributed by atoms with Crippen molar-refractivity contribution in [2.75, 3.05) is 0 Å². The van der Waals surface area contributed by atoms with E-state index in [0.717, 1.165) is 68.0 Å². The fourth-order valence-corrected chi connectivity index (χ4v) is 22.9. The Balaban J connectivity index is 0.000000178. The highest BCUT2D eigenvalue weighted by atomic mass is 128. The number of aliphatic hydroxyl groups is 3. The van der Waals surface area contributed by atoms with Crippen LogP contribution in [0.1, 0.15) is 184 Å². The van der Waals surface area contributed by atoms with E-state index in [-0.39, 0.29) is 83.7 Å². The van der Waals surface area contributed by atoms with Gasteiger partial charge in [0, 0.05) is 44.4 Å². The van der Waals surface area contributed by atoms with Crippen molar-refractivity contribution in [3.8, 4) is 0 Å². The number of ketones is 2. The molecule has 18 nitrogen and oxygen atoms in total. The second-order valence-corrected chi connectivity index (χ2v) is 38.1. The van der Waals surface area contributed by atoms with Crippen molar-refractivity contribution in [1.29, 1.82) is 0 Å². The molecule has 3 N–H and O–H groups in total. The third-order valence-electron chi connectivity index (χ3n) is 19.4. The lowest BCUT2D eigenvalue weighted by Crippen LogP contribution is -2.68. The lowest BCUT2D eigenvalue weighted by Gasteiger charge is -2.45. The van der Waals surface area contributed by atoms with Crippen LogP contribution >= 0.6 is 105 Å². The van der Waals surface area contributed by atoms with Crippen LogP contribution in [0, 0.1) is 0 Å². The van der Waals surface area contributed by atoms with Crippen LogP contribution in [0.5, 0.6) is 0 Å². The van der Waals surface area contributed by atoms with Gasteiger partial charge in [0.2, 0.25) is 5.78 Å². The van der Waals surface area contributed by atoms with Crippen molar-refractivity contribution < 1.29 is 86.2 Å². The number of Topliss-reactive ketones (excluding diaryl/α,β-unsaturated/α-hetero) is 1. The molecule has 16 atom stereocenters. The maximum atomic E-state index is 11.8. The fourth-order valence-electron chi connectivity index (χ4n) is 14.8. The summed E-state index contributed by atoms with van der Waals surface area (Å²) in [5, 5.41) is 31.8. The fraction of sp³-hybridized carbons (Fsp3) is 0.641. The summed E-state index contributed by atoms with van der Waals surface area (Å²) in [6, 6.07) is 21.6. The van der Waals surface area contributed by atoms with Crippen LogP contribution in [0.15, 0.2) is 136 Å². The van der Waals surface area contributed by atoms with Gasteiger partial charge in [0.1, 0.15) is 85.5 Å². The molecule has 6 heterocycles. The van der Waals surface area contributed by atoms with Gasteiger partial charge >= 0.3 is 0 Å². The minimum Gasteiger partial charge on any atom is -0.397 e. The summed E-state index contributed by atoms with van der Waals surface area (Å²) in [6.45, 7) is 49.4. The van der Waals surface area contributed by atoms with Gasteiger partial charge in [-0.2, -0.15) is 0 Å². The SMILES string of the molecule is C=CC(O)[C@@H]1OC(C)(C)O[C@@H]1C(=C)CC.CCC1=C(I)C(=O)[C@@H]2OC(C)(C)O[C@H]12.CCC1=C(I)[C@H](O)[C@@H]2OC(C)(C)O[C@H]12.CCC1=C(I)[C@H](O[Si](c2ccccc2)(c2ccccc2)C(C)(C)C)[C@@H]2OC(C)(C)O[C@H]12.CCC1=CC(=O)[C@@H]2OC(C)(C)O[C@H]12.CCC1=CC(O)[C@@H]2OC(C)(C)O[C@H]12.II. The number of rotatable bonds is 13. The highest BCUT2D eigenvalue weighted by molar-refractivity contribution is 15.0. The summed E-state index contributed by atoms with van der Waals surface area (Å²) in [5.41, 5.74) is 6.74. The molecule has 6 fully saturated rings. The van der Waals surface area contributed by atoms with Gasteiger partial charge in [-0.1, -0.05) is 142 Å². The van der Waals surface area contributed by atoms with E-state index in [4.69, 9.17) is 61.3 Å². The van der Waals surface area contributed by atoms with Gasteiger partial charge in [0.05, 0.1) is 3.58 Å². The zero-order chi connectivity index (χ0) is 76.4. The number of carbonyl (C=O) groups is 2. The molecular weight excluding hydrogens is 1890 g/mol. The Kier molecular flexibility index (Phi) is 30.9. The third kappa shape index (κ3) is 19.9. The van der Waals surface area contributed by atoms with Gasteiger partial charge in [0.15, 0.2) is 52.7 Å². The normalized spacial score (nSPS) is 32.8. The molecule has 0 saturated carbocycles. The second-order valence-electron chi connectivity index (χ2n) is 30.5. The van der Waals surface area contributed by atoms with Gasteiger partial charge < -0.3 is 76.6 Å². The molecule has 0 spiro atoms. The molecule has 11 aliphatic rings. The first kappa shape index (κ1) is 88.4. The summed E-state index contributed by atoms with van der Waals surface area (Å²) in [6.07, 6.45) is 6.08. The minimum atomic E-state index is -2.68. The Morgan fingerprint density at radius 2 is 0.961 bits per heavy atom. The number of fused-ring (bicyclic) bond motifs is 5. The standard InChI is InChI=1S/C26H33IO3Si.C12H20O3.C10H15IO3.C10H13IO3.C10H16O3.C10H14O3.I2/c1-7-20-21(27)23(24-22(20)28-26(5,6)29-24)30-31(25(2,3)4,18-14-10-8-11-15-18)19-16-12-9-13-17-19;1-6-8(3)10-11(9(13)7-2)15-12(4,5)14-10;2*1-4-5-6(11)7(12)9-8(5)13-10(2,3)14-9;2*1-4-6-5-7(11)9-8(6)12-10(2,3)13-9;1-2/h8-17,22-24H,7H2,1-6H3;7,9-11,13H,2-3,6H2,1,4-5H3;7-9,12H,4H2,1-3H3;8-9H,4H2,1-3H3;5,7-9,11H,4H2,1-3H3;5,8-9H,4H2,1-3H3;/t22-,23+,24-;9?,10-,11+;7-,8+,9-;8-,9+;7?,8-,9+;8-,9+;/m110111./s1. The molecule has 13 rings (SSSR count).